The Bertz CT molecular complexity index is 364. The number of anilines is 1. The second kappa shape index (κ2) is 4.72. The summed E-state index contributed by atoms with van der Waals surface area (Å²) in [5.41, 5.74) is 6.74. The van der Waals surface area contributed by atoms with Gasteiger partial charge in [-0.1, -0.05) is 6.07 Å². The van der Waals surface area contributed by atoms with Crippen molar-refractivity contribution in [2.75, 3.05) is 19.4 Å². The van der Waals surface area contributed by atoms with Crippen LogP contribution in [0.4, 0.5) is 5.69 Å². The molecule has 4 N–H and O–H groups in total. The van der Waals surface area contributed by atoms with E-state index in [4.69, 9.17) is 5.73 Å². The van der Waals surface area contributed by atoms with Crippen LogP contribution in [0, 0.1) is 0 Å². The predicted molar refractivity (Wildman–Crippen MR) is 65.2 cm³/mol. The Hall–Kier alpha value is -1.26. The molecule has 0 aliphatic heterocycles. The van der Waals surface area contributed by atoms with Crippen LogP contribution in [0.25, 0.3) is 0 Å². The number of benzene rings is 1. The summed E-state index contributed by atoms with van der Waals surface area (Å²) in [6, 6.07) is 5.17. The van der Waals surface area contributed by atoms with Crippen LogP contribution in [-0.2, 0) is 6.54 Å². The minimum absolute atomic E-state index is 0.0943. The number of nitrogens with two attached hydrogens (primary N) is 1. The van der Waals surface area contributed by atoms with E-state index in [-0.39, 0.29) is 17.9 Å². The van der Waals surface area contributed by atoms with Crippen LogP contribution >= 0.6 is 0 Å². The van der Waals surface area contributed by atoms with Gasteiger partial charge in [-0.25, -0.2) is 0 Å². The van der Waals surface area contributed by atoms with Crippen LogP contribution in [0.15, 0.2) is 18.2 Å². The number of aromatic hydroxyl groups is 1. The minimum atomic E-state index is -0.271. The number of hydrogen-bond acceptors (Lipinski definition) is 4. The van der Waals surface area contributed by atoms with Gasteiger partial charge in [0.25, 0.3) is 0 Å². The highest BCUT2D eigenvalue weighted by atomic mass is 16.3. The molecule has 1 aromatic carbocycles. The quantitative estimate of drug-likeness (QED) is 0.530. The zero-order chi connectivity index (χ0) is 12.3. The fourth-order valence-electron chi connectivity index (χ4n) is 1.31. The van der Waals surface area contributed by atoms with Crippen molar-refractivity contribution < 1.29 is 10.2 Å². The summed E-state index contributed by atoms with van der Waals surface area (Å²) in [6.45, 7) is 4.71. The maximum absolute atomic E-state index is 9.31. The molecule has 90 valence electrons. The third kappa shape index (κ3) is 2.87. The molecule has 0 saturated heterocycles. The summed E-state index contributed by atoms with van der Waals surface area (Å²) in [7, 11) is 1.94. The van der Waals surface area contributed by atoms with E-state index in [2.05, 4.69) is 0 Å². The monoisotopic (exact) mass is 224 g/mol. The molecular weight excluding hydrogens is 204 g/mol. The Morgan fingerprint density at radius 3 is 2.50 bits per heavy atom. The number of rotatable bonds is 4. The van der Waals surface area contributed by atoms with Gasteiger partial charge in [-0.05, 0) is 38.6 Å². The lowest BCUT2D eigenvalue weighted by Crippen LogP contribution is -2.43. The lowest BCUT2D eigenvalue weighted by molar-refractivity contribution is 0.0734. The highest BCUT2D eigenvalue weighted by molar-refractivity contribution is 5.53. The van der Waals surface area contributed by atoms with Crippen molar-refractivity contribution in [2.45, 2.75) is 25.9 Å². The van der Waals surface area contributed by atoms with Crippen molar-refractivity contribution in [1.82, 2.24) is 4.90 Å². The van der Waals surface area contributed by atoms with Crippen molar-refractivity contribution in [1.29, 1.82) is 0 Å². The molecule has 16 heavy (non-hydrogen) atoms. The van der Waals surface area contributed by atoms with E-state index in [9.17, 15) is 10.2 Å². The number of hydrogen-bond donors (Lipinski definition) is 3. The Morgan fingerprint density at radius 2 is 2.00 bits per heavy atom. The molecule has 0 aliphatic rings. The fraction of sp³-hybridized carbons (Fsp3) is 0.500. The third-order valence-corrected chi connectivity index (χ3v) is 2.93. The number of likely N-dealkylation sites (N-methyl/N-ethyl adjacent to an activating group) is 1. The molecular formula is C12H20N2O2. The lowest BCUT2D eigenvalue weighted by Gasteiger charge is -2.33. The van der Waals surface area contributed by atoms with Gasteiger partial charge in [0.05, 0.1) is 12.3 Å². The molecule has 4 nitrogen and oxygen atoms in total. The Kier molecular flexibility index (Phi) is 3.78. The second-order valence-electron chi connectivity index (χ2n) is 4.72. The van der Waals surface area contributed by atoms with Crippen LogP contribution in [0.1, 0.15) is 19.4 Å². The highest BCUT2D eigenvalue weighted by Crippen LogP contribution is 2.22. The molecule has 0 bridgehead atoms. The van der Waals surface area contributed by atoms with Crippen molar-refractivity contribution >= 4 is 5.69 Å². The van der Waals surface area contributed by atoms with Gasteiger partial charge >= 0.3 is 0 Å². The summed E-state index contributed by atoms with van der Waals surface area (Å²) >= 11 is 0. The average Bonchev–Trinajstić information content (AvgIpc) is 2.23. The van der Waals surface area contributed by atoms with Crippen LogP contribution < -0.4 is 5.73 Å². The van der Waals surface area contributed by atoms with Gasteiger partial charge in [-0.15, -0.1) is 0 Å². The summed E-state index contributed by atoms with van der Waals surface area (Å²) in [6.07, 6.45) is 0. The normalized spacial score (nSPS) is 12.1. The number of aliphatic hydroxyl groups is 1. The molecule has 0 spiro atoms. The zero-order valence-corrected chi connectivity index (χ0v) is 10.1. The molecule has 0 radical (unpaired) electrons. The van der Waals surface area contributed by atoms with Crippen LogP contribution in [0.5, 0.6) is 5.75 Å². The van der Waals surface area contributed by atoms with Crippen molar-refractivity contribution in [2.24, 2.45) is 0 Å². The van der Waals surface area contributed by atoms with E-state index in [1.807, 2.05) is 31.9 Å². The minimum Gasteiger partial charge on any atom is -0.506 e. The number of aliphatic hydroxyl groups excluding tert-OH is 1. The number of phenols is 1. The van der Waals surface area contributed by atoms with E-state index >= 15 is 0 Å². The summed E-state index contributed by atoms with van der Waals surface area (Å²) < 4.78 is 0. The van der Waals surface area contributed by atoms with E-state index in [1.165, 1.54) is 0 Å². The van der Waals surface area contributed by atoms with Gasteiger partial charge < -0.3 is 15.9 Å². The summed E-state index contributed by atoms with van der Waals surface area (Å²) in [5, 5.41) is 18.5. The molecule has 4 heteroatoms. The first-order valence-electron chi connectivity index (χ1n) is 5.26. The zero-order valence-electron chi connectivity index (χ0n) is 10.1. The van der Waals surface area contributed by atoms with Crippen LogP contribution in [0.2, 0.25) is 0 Å². The Balaban J connectivity index is 2.77. The first-order valence-corrected chi connectivity index (χ1v) is 5.26. The topological polar surface area (TPSA) is 69.7 Å². The van der Waals surface area contributed by atoms with Gasteiger partial charge in [0.1, 0.15) is 5.75 Å². The fourth-order valence-corrected chi connectivity index (χ4v) is 1.31. The molecule has 0 atom stereocenters. The summed E-state index contributed by atoms with van der Waals surface area (Å²) in [4.78, 5) is 2.04. The SMILES string of the molecule is CN(Cc1ccc(O)c(N)c1)C(C)(C)CO. The summed E-state index contributed by atoms with van der Waals surface area (Å²) in [5.74, 6) is 0.104. The van der Waals surface area contributed by atoms with Crippen LogP contribution in [0.3, 0.4) is 0 Å². The third-order valence-electron chi connectivity index (χ3n) is 2.93. The number of nitrogen functional groups attached to an aromatic ring is 1. The molecule has 0 saturated carbocycles. The van der Waals surface area contributed by atoms with Gasteiger partial charge in [0, 0.05) is 12.1 Å². The molecule has 1 aromatic rings. The average molecular weight is 224 g/mol. The number of phenolic OH excluding ortho intramolecular Hbond substituents is 1. The van der Waals surface area contributed by atoms with Gasteiger partial charge in [0.2, 0.25) is 0 Å². The van der Waals surface area contributed by atoms with E-state index < -0.39 is 0 Å². The maximum Gasteiger partial charge on any atom is 0.138 e. The first-order chi connectivity index (χ1) is 7.36. The van der Waals surface area contributed by atoms with E-state index in [0.717, 1.165) is 5.56 Å². The predicted octanol–water partition coefficient (Wildman–Crippen LogP) is 1.18. The van der Waals surface area contributed by atoms with Gasteiger partial charge in [-0.2, -0.15) is 0 Å². The standard InChI is InChI=1S/C12H20N2O2/c1-12(2,8-15)14(3)7-9-4-5-11(16)10(13)6-9/h4-6,15-16H,7-8,13H2,1-3H3. The number of nitrogens with zero attached hydrogens (tertiary/aromatic N) is 1. The van der Waals surface area contributed by atoms with E-state index in [0.29, 0.717) is 12.2 Å². The van der Waals surface area contributed by atoms with E-state index in [1.54, 1.807) is 12.1 Å². The lowest BCUT2D eigenvalue weighted by atomic mass is 10.0. The molecule has 0 aliphatic carbocycles. The van der Waals surface area contributed by atoms with Crippen LogP contribution in [-0.4, -0.2) is 34.3 Å². The smallest absolute Gasteiger partial charge is 0.138 e. The molecule has 1 rings (SSSR count). The Morgan fingerprint density at radius 1 is 1.38 bits per heavy atom. The van der Waals surface area contributed by atoms with Crippen molar-refractivity contribution in [3.63, 3.8) is 0 Å². The van der Waals surface area contributed by atoms with Crippen molar-refractivity contribution in [3.8, 4) is 5.75 Å². The van der Waals surface area contributed by atoms with Gasteiger partial charge in [0.15, 0.2) is 0 Å². The second-order valence-corrected chi connectivity index (χ2v) is 4.72. The van der Waals surface area contributed by atoms with Crippen molar-refractivity contribution in [3.05, 3.63) is 23.8 Å². The van der Waals surface area contributed by atoms with Gasteiger partial charge in [-0.3, -0.25) is 4.90 Å². The molecule has 0 fully saturated rings. The molecule has 0 aromatic heterocycles. The highest BCUT2D eigenvalue weighted by Gasteiger charge is 2.22. The molecule has 0 unspecified atom stereocenters. The Labute approximate surface area is 96.3 Å². The molecule has 0 heterocycles. The first kappa shape index (κ1) is 12.8. The molecule has 0 amide bonds. The largest absolute Gasteiger partial charge is 0.506 e. The maximum atomic E-state index is 9.31.